The lowest BCUT2D eigenvalue weighted by molar-refractivity contribution is 0.405. The van der Waals surface area contributed by atoms with Gasteiger partial charge in [0.2, 0.25) is 0 Å². The first-order chi connectivity index (χ1) is 28.0. The van der Waals surface area contributed by atoms with Gasteiger partial charge in [0.1, 0.15) is 11.5 Å². The first-order valence-electron chi connectivity index (χ1n) is 21.1. The van der Waals surface area contributed by atoms with Gasteiger partial charge in [0.05, 0.1) is 19.6 Å². The van der Waals surface area contributed by atoms with Gasteiger partial charge in [-0.1, -0.05) is 66.3 Å². The van der Waals surface area contributed by atoms with E-state index < -0.39 is 0 Å². The van der Waals surface area contributed by atoms with Crippen LogP contribution in [0.5, 0.6) is 11.5 Å². The van der Waals surface area contributed by atoms with E-state index in [1.165, 1.54) is 33.2 Å². The topological polar surface area (TPSA) is 18.5 Å². The maximum atomic E-state index is 6.29. The lowest BCUT2D eigenvalue weighted by Gasteiger charge is -2.48. The van der Waals surface area contributed by atoms with Crippen molar-refractivity contribution >= 4 is 81.4 Å². The minimum Gasteiger partial charge on any atom is -0.497 e. The average molecular weight is 725 g/mol. The largest absolute Gasteiger partial charge is 0.497 e. The summed E-state index contributed by atoms with van der Waals surface area (Å²) in [6, 6.07) is 21.4. The van der Waals surface area contributed by atoms with Crippen LogP contribution in [-0.4, -0.2) is 14.2 Å². The van der Waals surface area contributed by atoms with Crippen LogP contribution in [0.25, 0.3) is 81.4 Å². The van der Waals surface area contributed by atoms with E-state index in [4.69, 9.17) is 9.47 Å². The molecule has 9 aliphatic rings. The number of hydrogen-bond donors (Lipinski definition) is 0. The molecule has 18 rings (SSSR count). The number of allylic oxidation sites excluding steroid dienone is 10. The summed E-state index contributed by atoms with van der Waals surface area (Å²) in [4.78, 5) is 0. The van der Waals surface area contributed by atoms with Crippen molar-refractivity contribution < 1.29 is 9.47 Å². The summed E-state index contributed by atoms with van der Waals surface area (Å²) in [5.74, 6) is 2.72. The lowest BCUT2D eigenvalue weighted by Crippen LogP contribution is -2.42. The van der Waals surface area contributed by atoms with Gasteiger partial charge >= 0.3 is 0 Å². The second-order valence-electron chi connectivity index (χ2n) is 19.3. The zero-order chi connectivity index (χ0) is 36.5. The highest BCUT2D eigenvalue weighted by molar-refractivity contribution is 6.54. The Labute approximate surface area is 327 Å². The molecule has 9 aromatic rings. The molecule has 0 aromatic heterocycles. The van der Waals surface area contributed by atoms with Crippen molar-refractivity contribution in [3.05, 3.63) is 157 Å². The number of methoxy groups -OCH3 is 2. The van der Waals surface area contributed by atoms with Crippen LogP contribution in [0.3, 0.4) is 0 Å². The number of aryl methyl sites for hydroxylation is 1. The Kier molecular flexibility index (Phi) is 3.74. The summed E-state index contributed by atoms with van der Waals surface area (Å²) in [5.41, 5.74) is 25.8. The van der Waals surface area contributed by atoms with Crippen LogP contribution in [0.4, 0.5) is 0 Å². The van der Waals surface area contributed by atoms with Crippen molar-refractivity contribution in [2.75, 3.05) is 14.2 Å². The molecule has 57 heavy (non-hydrogen) atoms. The van der Waals surface area contributed by atoms with Gasteiger partial charge in [-0.25, -0.2) is 0 Å². The summed E-state index contributed by atoms with van der Waals surface area (Å²) in [7, 11) is 3.66. The van der Waals surface area contributed by atoms with Gasteiger partial charge in [-0.05, 0) is 205 Å². The quantitative estimate of drug-likeness (QED) is 0.130. The summed E-state index contributed by atoms with van der Waals surface area (Å²) < 4.78 is 12.1. The number of hydrogen-bond acceptors (Lipinski definition) is 2. The standard InChI is InChI=1S/C55H32O2/c1-21-4-5-22(33(10-21)57-3)19-55-31-17-28-15-26-13-24-11-23-12-25-14-27-16-29-18-54(20-31,30-6-8-32(56-2)9-7-30)52-49-39(29)36(27)41-37(25)40-34(23)35(24)42-38(26)48(51(28)55)46-45(42)43(40)44(41)47(49)50(46)53(52)55/h4-10,12-15,18,20,26,38H,11,16-17,19H2,1-3H3. The predicted octanol–water partition coefficient (Wildman–Crippen LogP) is 12.1. The predicted molar refractivity (Wildman–Crippen MR) is 230 cm³/mol. The second kappa shape index (κ2) is 7.77. The van der Waals surface area contributed by atoms with Crippen LogP contribution in [-0.2, 0) is 30.1 Å². The van der Waals surface area contributed by atoms with Crippen molar-refractivity contribution in [2.24, 2.45) is 5.92 Å². The van der Waals surface area contributed by atoms with E-state index in [2.05, 4.69) is 85.8 Å². The molecule has 0 amide bonds. The van der Waals surface area contributed by atoms with Crippen LogP contribution in [0, 0.1) is 12.8 Å². The van der Waals surface area contributed by atoms with E-state index in [-0.39, 0.29) is 10.8 Å². The molecule has 0 N–H and O–H groups in total. The molecule has 0 saturated heterocycles. The highest BCUT2D eigenvalue weighted by Gasteiger charge is 2.63. The highest BCUT2D eigenvalue weighted by Crippen LogP contribution is 2.78. The van der Waals surface area contributed by atoms with Crippen LogP contribution in [0.2, 0.25) is 0 Å². The maximum Gasteiger partial charge on any atom is 0.122 e. The molecule has 2 nitrogen and oxygen atoms in total. The van der Waals surface area contributed by atoms with Crippen molar-refractivity contribution in [1.82, 2.24) is 0 Å². The van der Waals surface area contributed by atoms with Crippen LogP contribution < -0.4 is 9.47 Å². The van der Waals surface area contributed by atoms with Gasteiger partial charge in [0.25, 0.3) is 0 Å². The Morgan fingerprint density at radius 1 is 0.632 bits per heavy atom. The molecule has 4 unspecified atom stereocenters. The Balaban J connectivity index is 1.16. The molecule has 1 saturated carbocycles. The smallest absolute Gasteiger partial charge is 0.122 e. The van der Waals surface area contributed by atoms with Crippen LogP contribution >= 0.6 is 0 Å². The lowest BCUT2D eigenvalue weighted by atomic mass is 9.53. The zero-order valence-electron chi connectivity index (χ0n) is 31.8. The normalized spacial score (nSPS) is 26.5. The third-order valence-electron chi connectivity index (χ3n) is 17.4. The molecule has 1 fully saturated rings. The maximum absolute atomic E-state index is 6.29. The molecule has 9 aliphatic carbocycles. The Bertz CT molecular complexity index is 3820. The molecular formula is C55H32O2. The third kappa shape index (κ3) is 2.32. The Morgan fingerprint density at radius 2 is 1.37 bits per heavy atom. The fourth-order valence-electron chi connectivity index (χ4n) is 16.0. The summed E-state index contributed by atoms with van der Waals surface area (Å²) in [6.45, 7) is 2.19. The SMILES string of the molecule is COc1ccc(C23C=C4Cc5cc6cc7c8c9c%10c%11c%12c%13c(c2c2c4c5c4c6c8c%11c4c2%13)C2(Cc4ccc(C)cc4OC)C(=C3)CC3=CC(C=C9C7)C%10C%12=C32)cc1. The molecule has 0 radical (unpaired) electrons. The first-order valence-corrected chi connectivity index (χ1v) is 21.1. The van der Waals surface area contributed by atoms with E-state index in [0.717, 1.165) is 37.2 Å². The second-order valence-corrected chi connectivity index (χ2v) is 19.3. The summed E-state index contributed by atoms with van der Waals surface area (Å²) in [5, 5.41) is 19.0. The minimum absolute atomic E-state index is 0.263. The third-order valence-corrected chi connectivity index (χ3v) is 17.4. The first kappa shape index (κ1) is 27.5. The summed E-state index contributed by atoms with van der Waals surface area (Å²) >= 11 is 0. The van der Waals surface area contributed by atoms with Crippen LogP contribution in [0.15, 0.2) is 95.6 Å². The number of rotatable bonds is 5. The molecule has 0 aliphatic heterocycles. The van der Waals surface area contributed by atoms with Gasteiger partial charge in [-0.15, -0.1) is 0 Å². The Morgan fingerprint density at radius 3 is 2.19 bits per heavy atom. The molecular weight excluding hydrogens is 693 g/mol. The molecule has 0 spiro atoms. The number of benzene rings is 7. The van der Waals surface area contributed by atoms with Crippen molar-refractivity contribution in [2.45, 2.75) is 49.4 Å². The highest BCUT2D eigenvalue weighted by atomic mass is 16.5. The van der Waals surface area contributed by atoms with E-state index in [1.807, 2.05) is 7.11 Å². The Hall–Kier alpha value is -6.12. The van der Waals surface area contributed by atoms with Crippen LogP contribution in [0.1, 0.15) is 73.5 Å². The molecule has 264 valence electrons. The van der Waals surface area contributed by atoms with Gasteiger partial charge in [-0.2, -0.15) is 0 Å². The van der Waals surface area contributed by atoms with E-state index >= 15 is 0 Å². The minimum atomic E-state index is -0.383. The van der Waals surface area contributed by atoms with Gasteiger partial charge in [0.15, 0.2) is 0 Å². The molecule has 2 heteroatoms. The van der Waals surface area contributed by atoms with Gasteiger partial charge in [-0.3, -0.25) is 0 Å². The van der Waals surface area contributed by atoms with Crippen molar-refractivity contribution in [3.8, 4) is 11.5 Å². The van der Waals surface area contributed by atoms with E-state index in [0.29, 0.717) is 11.8 Å². The molecule has 0 heterocycles. The fourth-order valence-corrected chi connectivity index (χ4v) is 16.0. The van der Waals surface area contributed by atoms with Gasteiger partial charge in [0, 0.05) is 17.3 Å². The monoisotopic (exact) mass is 724 g/mol. The molecule has 0 bridgehead atoms. The number of ether oxygens (including phenoxy) is 2. The van der Waals surface area contributed by atoms with Gasteiger partial charge < -0.3 is 9.47 Å². The van der Waals surface area contributed by atoms with Crippen molar-refractivity contribution in [1.29, 1.82) is 0 Å². The summed E-state index contributed by atoms with van der Waals surface area (Å²) in [6.07, 6.45) is 15.1. The zero-order valence-corrected chi connectivity index (χ0v) is 31.8. The van der Waals surface area contributed by atoms with Crippen molar-refractivity contribution in [3.63, 3.8) is 0 Å². The average Bonchev–Trinajstić information content (AvgIpc) is 4.06. The van der Waals surface area contributed by atoms with E-state index in [1.54, 1.807) is 133 Å². The molecule has 9 aromatic carbocycles. The van der Waals surface area contributed by atoms with E-state index in [9.17, 15) is 0 Å². The molecule has 4 atom stereocenters. The fraction of sp³-hybridized carbons (Fsp3) is 0.200.